The third kappa shape index (κ3) is 2.76. The average Bonchev–Trinajstić information content (AvgIpc) is 3.04. The summed E-state index contributed by atoms with van der Waals surface area (Å²) in [6.07, 6.45) is 3.54. The zero-order valence-corrected chi connectivity index (χ0v) is 12.7. The van der Waals surface area contributed by atoms with E-state index in [0.717, 1.165) is 16.9 Å². The Labute approximate surface area is 133 Å². The van der Waals surface area contributed by atoms with Crippen molar-refractivity contribution < 1.29 is 9.53 Å². The highest BCUT2D eigenvalue weighted by atomic mass is 35.5. The molecule has 2 aromatic carbocycles. The van der Waals surface area contributed by atoms with E-state index in [4.69, 9.17) is 16.3 Å². The van der Waals surface area contributed by atoms with Crippen LogP contribution in [-0.4, -0.2) is 17.9 Å². The number of ketones is 1. The molecule has 110 valence electrons. The first-order chi connectivity index (χ1) is 10.7. The summed E-state index contributed by atoms with van der Waals surface area (Å²) in [7, 11) is 1.60. The van der Waals surface area contributed by atoms with Crippen LogP contribution >= 0.6 is 11.6 Å². The van der Waals surface area contributed by atoms with Crippen molar-refractivity contribution in [3.8, 4) is 16.9 Å². The maximum Gasteiger partial charge on any atom is 0.195 e. The van der Waals surface area contributed by atoms with Crippen LogP contribution in [-0.2, 0) is 0 Å². The second-order valence-electron chi connectivity index (χ2n) is 4.85. The highest BCUT2D eigenvalue weighted by Gasteiger charge is 2.15. The number of hydrogen-bond acceptors (Lipinski definition) is 2. The molecule has 0 radical (unpaired) electrons. The van der Waals surface area contributed by atoms with E-state index in [0.29, 0.717) is 16.1 Å². The second kappa shape index (κ2) is 6.08. The van der Waals surface area contributed by atoms with Crippen LogP contribution in [0.15, 0.2) is 60.9 Å². The zero-order valence-electron chi connectivity index (χ0n) is 12.0. The molecule has 1 N–H and O–H groups in total. The molecule has 0 fully saturated rings. The van der Waals surface area contributed by atoms with Gasteiger partial charge in [-0.1, -0.05) is 23.7 Å². The molecular formula is C18H14ClNO2. The van der Waals surface area contributed by atoms with Crippen LogP contribution in [0.2, 0.25) is 5.02 Å². The number of aromatic nitrogens is 1. The number of hydrogen-bond donors (Lipinski definition) is 1. The summed E-state index contributed by atoms with van der Waals surface area (Å²) in [5.74, 6) is 0.692. The molecule has 0 saturated heterocycles. The molecule has 0 unspecified atom stereocenters. The summed E-state index contributed by atoms with van der Waals surface area (Å²) in [5.41, 5.74) is 3.06. The van der Waals surface area contributed by atoms with Gasteiger partial charge in [-0.25, -0.2) is 0 Å². The van der Waals surface area contributed by atoms with Crippen LogP contribution in [0.25, 0.3) is 11.1 Å². The standard InChI is InChI=1S/C18H14ClNO2/c1-22-15-8-4-13(5-9-15)18(21)17-11-20-10-16(17)12-2-6-14(19)7-3-12/h2-11,20H,1H3. The predicted octanol–water partition coefficient (Wildman–Crippen LogP) is 4.57. The van der Waals surface area contributed by atoms with E-state index < -0.39 is 0 Å². The quantitative estimate of drug-likeness (QED) is 0.717. The van der Waals surface area contributed by atoms with Gasteiger partial charge in [0.15, 0.2) is 5.78 Å². The number of carbonyl (C=O) groups is 1. The number of rotatable bonds is 4. The van der Waals surface area contributed by atoms with E-state index in [2.05, 4.69) is 4.98 Å². The topological polar surface area (TPSA) is 42.1 Å². The van der Waals surface area contributed by atoms with Gasteiger partial charge in [0.2, 0.25) is 0 Å². The van der Waals surface area contributed by atoms with Crippen LogP contribution in [0.5, 0.6) is 5.75 Å². The molecule has 22 heavy (non-hydrogen) atoms. The summed E-state index contributed by atoms with van der Waals surface area (Å²) < 4.78 is 5.11. The van der Waals surface area contributed by atoms with Gasteiger partial charge in [-0.05, 0) is 42.0 Å². The first-order valence-electron chi connectivity index (χ1n) is 6.80. The minimum Gasteiger partial charge on any atom is -0.497 e. The lowest BCUT2D eigenvalue weighted by Gasteiger charge is -2.05. The van der Waals surface area contributed by atoms with Crippen LogP contribution in [0.1, 0.15) is 15.9 Å². The minimum absolute atomic E-state index is 0.0335. The highest BCUT2D eigenvalue weighted by Crippen LogP contribution is 2.27. The van der Waals surface area contributed by atoms with Crippen LogP contribution in [0.4, 0.5) is 0 Å². The lowest BCUT2D eigenvalue weighted by molar-refractivity contribution is 0.103. The number of H-pyrrole nitrogens is 1. The number of aromatic amines is 1. The fraction of sp³-hybridized carbons (Fsp3) is 0.0556. The summed E-state index contributed by atoms with van der Waals surface area (Å²) in [5, 5.41) is 0.669. The molecule has 0 aliphatic carbocycles. The Morgan fingerprint density at radius 1 is 1.00 bits per heavy atom. The summed E-state index contributed by atoms with van der Waals surface area (Å²) in [6.45, 7) is 0. The van der Waals surface area contributed by atoms with Crippen molar-refractivity contribution in [2.75, 3.05) is 7.11 Å². The molecule has 3 nitrogen and oxygen atoms in total. The SMILES string of the molecule is COc1ccc(C(=O)c2c[nH]cc2-c2ccc(Cl)cc2)cc1. The van der Waals surface area contributed by atoms with Crippen molar-refractivity contribution in [2.24, 2.45) is 0 Å². The van der Waals surface area contributed by atoms with Crippen molar-refractivity contribution in [1.29, 1.82) is 0 Å². The van der Waals surface area contributed by atoms with Gasteiger partial charge < -0.3 is 9.72 Å². The summed E-state index contributed by atoms with van der Waals surface area (Å²) in [4.78, 5) is 15.7. The molecule has 0 amide bonds. The molecule has 1 heterocycles. The second-order valence-corrected chi connectivity index (χ2v) is 5.28. The molecule has 3 aromatic rings. The van der Waals surface area contributed by atoms with Gasteiger partial charge >= 0.3 is 0 Å². The zero-order chi connectivity index (χ0) is 15.5. The third-order valence-electron chi connectivity index (χ3n) is 3.50. The molecule has 1 aromatic heterocycles. The van der Waals surface area contributed by atoms with Gasteiger partial charge in [-0.2, -0.15) is 0 Å². The molecule has 3 rings (SSSR count). The van der Waals surface area contributed by atoms with E-state index in [1.54, 1.807) is 37.6 Å². The monoisotopic (exact) mass is 311 g/mol. The van der Waals surface area contributed by atoms with E-state index in [9.17, 15) is 4.79 Å². The van der Waals surface area contributed by atoms with Crippen LogP contribution < -0.4 is 4.74 Å². The molecular weight excluding hydrogens is 298 g/mol. The maximum absolute atomic E-state index is 12.7. The number of ether oxygens (including phenoxy) is 1. The van der Waals surface area contributed by atoms with Crippen molar-refractivity contribution in [3.05, 3.63) is 77.1 Å². The number of halogens is 1. The number of carbonyl (C=O) groups excluding carboxylic acids is 1. The number of methoxy groups -OCH3 is 1. The van der Waals surface area contributed by atoms with Crippen molar-refractivity contribution in [3.63, 3.8) is 0 Å². The summed E-state index contributed by atoms with van der Waals surface area (Å²) in [6, 6.07) is 14.5. The maximum atomic E-state index is 12.7. The highest BCUT2D eigenvalue weighted by molar-refractivity contribution is 6.30. The van der Waals surface area contributed by atoms with Gasteiger partial charge in [-0.15, -0.1) is 0 Å². The number of nitrogens with one attached hydrogen (secondary N) is 1. The fourth-order valence-corrected chi connectivity index (χ4v) is 2.44. The fourth-order valence-electron chi connectivity index (χ4n) is 2.32. The van der Waals surface area contributed by atoms with Crippen molar-refractivity contribution in [1.82, 2.24) is 4.98 Å². The van der Waals surface area contributed by atoms with Crippen molar-refractivity contribution >= 4 is 17.4 Å². The summed E-state index contributed by atoms with van der Waals surface area (Å²) >= 11 is 5.91. The van der Waals surface area contributed by atoms with Gasteiger partial charge in [0.05, 0.1) is 7.11 Å². The Kier molecular flexibility index (Phi) is 3.98. The minimum atomic E-state index is -0.0335. The lowest BCUT2D eigenvalue weighted by Crippen LogP contribution is -2.01. The van der Waals surface area contributed by atoms with Gasteiger partial charge in [0.25, 0.3) is 0 Å². The lowest BCUT2D eigenvalue weighted by atomic mass is 9.98. The predicted molar refractivity (Wildman–Crippen MR) is 87.7 cm³/mol. The average molecular weight is 312 g/mol. The molecule has 0 saturated carbocycles. The Morgan fingerprint density at radius 3 is 2.32 bits per heavy atom. The molecule has 0 atom stereocenters. The van der Waals surface area contributed by atoms with Gasteiger partial charge in [0.1, 0.15) is 5.75 Å². The first kappa shape index (κ1) is 14.4. The Morgan fingerprint density at radius 2 is 1.68 bits per heavy atom. The molecule has 4 heteroatoms. The Hall–Kier alpha value is -2.52. The molecule has 0 spiro atoms. The van der Waals surface area contributed by atoms with Crippen LogP contribution in [0.3, 0.4) is 0 Å². The smallest absolute Gasteiger partial charge is 0.195 e. The molecule has 0 bridgehead atoms. The normalized spacial score (nSPS) is 10.5. The first-order valence-corrected chi connectivity index (χ1v) is 7.18. The van der Waals surface area contributed by atoms with E-state index in [1.165, 1.54) is 0 Å². The van der Waals surface area contributed by atoms with Gasteiger partial charge in [0, 0.05) is 34.1 Å². The van der Waals surface area contributed by atoms with E-state index in [-0.39, 0.29) is 5.78 Å². The Balaban J connectivity index is 1.96. The molecule has 0 aliphatic rings. The van der Waals surface area contributed by atoms with E-state index in [1.807, 2.05) is 30.5 Å². The number of benzene rings is 2. The van der Waals surface area contributed by atoms with Crippen molar-refractivity contribution in [2.45, 2.75) is 0 Å². The van der Waals surface area contributed by atoms with Crippen LogP contribution in [0, 0.1) is 0 Å². The largest absolute Gasteiger partial charge is 0.497 e. The third-order valence-corrected chi connectivity index (χ3v) is 3.75. The van der Waals surface area contributed by atoms with Gasteiger partial charge in [-0.3, -0.25) is 4.79 Å². The molecule has 0 aliphatic heterocycles. The van der Waals surface area contributed by atoms with E-state index >= 15 is 0 Å². The Bertz CT molecular complexity index is 789.